The quantitative estimate of drug-likeness (QED) is 0.821. The minimum Gasteiger partial charge on any atom is -0.313 e. The molecule has 0 spiro atoms. The highest BCUT2D eigenvalue weighted by Crippen LogP contribution is 2.26. The summed E-state index contributed by atoms with van der Waals surface area (Å²) in [5, 5.41) is 7.65. The van der Waals surface area contributed by atoms with Crippen molar-refractivity contribution in [1.82, 2.24) is 15.1 Å². The van der Waals surface area contributed by atoms with E-state index in [1.165, 1.54) is 20.4 Å². The van der Waals surface area contributed by atoms with Crippen molar-refractivity contribution in [3.63, 3.8) is 0 Å². The second kappa shape index (κ2) is 6.52. The minimum atomic E-state index is 0.390. The first-order chi connectivity index (χ1) is 9.13. The maximum atomic E-state index is 4.22. The lowest BCUT2D eigenvalue weighted by molar-refractivity contribution is 0.533. The highest BCUT2D eigenvalue weighted by atomic mass is 127. The molecular weight excluding hydrogens is 349 g/mol. The Morgan fingerprint density at radius 2 is 2.16 bits per heavy atom. The zero-order valence-corrected chi connectivity index (χ0v) is 13.8. The topological polar surface area (TPSA) is 29.9 Å². The van der Waals surface area contributed by atoms with Crippen LogP contribution in [0.3, 0.4) is 0 Å². The Bertz CT molecular complexity index is 548. The Morgan fingerprint density at radius 1 is 1.37 bits per heavy atom. The van der Waals surface area contributed by atoms with Gasteiger partial charge in [0.1, 0.15) is 0 Å². The van der Waals surface area contributed by atoms with Crippen LogP contribution in [0.1, 0.15) is 29.3 Å². The number of hydrogen-bond acceptors (Lipinski definition) is 2. The zero-order valence-electron chi connectivity index (χ0n) is 11.7. The van der Waals surface area contributed by atoms with E-state index in [1.54, 1.807) is 0 Å². The van der Waals surface area contributed by atoms with Gasteiger partial charge in [0.2, 0.25) is 0 Å². The molecule has 1 aromatic carbocycles. The molecule has 1 heterocycles. The summed E-state index contributed by atoms with van der Waals surface area (Å²) >= 11 is 2.45. The number of aromatic nitrogens is 2. The van der Waals surface area contributed by atoms with E-state index in [0.717, 1.165) is 12.8 Å². The molecule has 19 heavy (non-hydrogen) atoms. The SMILES string of the molecule is CNC(CCc1ccnn1C)c1cccc(C)c1I. The molecule has 0 aliphatic carbocycles. The van der Waals surface area contributed by atoms with Crippen LogP contribution in [0.5, 0.6) is 0 Å². The number of benzene rings is 1. The van der Waals surface area contributed by atoms with Gasteiger partial charge in [0.15, 0.2) is 0 Å². The summed E-state index contributed by atoms with van der Waals surface area (Å²) in [7, 11) is 4.03. The lowest BCUT2D eigenvalue weighted by Gasteiger charge is -2.19. The fourth-order valence-corrected chi connectivity index (χ4v) is 3.07. The lowest BCUT2D eigenvalue weighted by atomic mass is 9.99. The van der Waals surface area contributed by atoms with Crippen LogP contribution in [0.2, 0.25) is 0 Å². The molecule has 0 bridgehead atoms. The summed E-state index contributed by atoms with van der Waals surface area (Å²) in [5.41, 5.74) is 4.02. The van der Waals surface area contributed by atoms with Crippen LogP contribution < -0.4 is 5.32 Å². The van der Waals surface area contributed by atoms with E-state index in [9.17, 15) is 0 Å². The van der Waals surface area contributed by atoms with E-state index >= 15 is 0 Å². The van der Waals surface area contributed by atoms with Gasteiger partial charge in [-0.3, -0.25) is 4.68 Å². The molecule has 1 unspecified atom stereocenters. The van der Waals surface area contributed by atoms with Crippen LogP contribution >= 0.6 is 22.6 Å². The van der Waals surface area contributed by atoms with Gasteiger partial charge < -0.3 is 5.32 Å². The van der Waals surface area contributed by atoms with E-state index in [1.807, 2.05) is 25.0 Å². The molecule has 0 saturated carbocycles. The smallest absolute Gasteiger partial charge is 0.0492 e. The van der Waals surface area contributed by atoms with Gasteiger partial charge in [-0.2, -0.15) is 5.10 Å². The highest BCUT2D eigenvalue weighted by molar-refractivity contribution is 14.1. The van der Waals surface area contributed by atoms with Gasteiger partial charge in [0.05, 0.1) is 0 Å². The normalized spacial score (nSPS) is 12.6. The van der Waals surface area contributed by atoms with Crippen molar-refractivity contribution in [3.8, 4) is 0 Å². The Morgan fingerprint density at radius 3 is 2.79 bits per heavy atom. The Hall–Kier alpha value is -0.880. The third kappa shape index (κ3) is 3.36. The van der Waals surface area contributed by atoms with Gasteiger partial charge in [-0.05, 0) is 66.6 Å². The number of hydrogen-bond donors (Lipinski definition) is 1. The highest BCUT2D eigenvalue weighted by Gasteiger charge is 2.14. The van der Waals surface area contributed by atoms with Crippen molar-refractivity contribution in [2.75, 3.05) is 7.05 Å². The van der Waals surface area contributed by atoms with Crippen molar-refractivity contribution >= 4 is 22.6 Å². The first kappa shape index (κ1) is 14.5. The van der Waals surface area contributed by atoms with Crippen molar-refractivity contribution in [2.45, 2.75) is 25.8 Å². The summed E-state index contributed by atoms with van der Waals surface area (Å²) in [6.07, 6.45) is 3.97. The van der Waals surface area contributed by atoms with E-state index in [-0.39, 0.29) is 0 Å². The number of nitrogens with zero attached hydrogens (tertiary/aromatic N) is 2. The van der Waals surface area contributed by atoms with Crippen molar-refractivity contribution < 1.29 is 0 Å². The maximum Gasteiger partial charge on any atom is 0.0492 e. The van der Waals surface area contributed by atoms with E-state index in [2.05, 4.69) is 64.2 Å². The van der Waals surface area contributed by atoms with Crippen molar-refractivity contribution in [1.29, 1.82) is 0 Å². The molecule has 0 fully saturated rings. The fraction of sp³-hybridized carbons (Fsp3) is 0.400. The second-order valence-corrected chi connectivity index (χ2v) is 5.88. The molecule has 0 aliphatic rings. The summed E-state index contributed by atoms with van der Waals surface area (Å²) < 4.78 is 3.32. The Kier molecular flexibility index (Phi) is 4.99. The largest absolute Gasteiger partial charge is 0.313 e. The standard InChI is InChI=1S/C15H20IN3/c1-11-5-4-6-13(15(11)16)14(17-2)8-7-12-9-10-18-19(12)3/h4-6,9-10,14,17H,7-8H2,1-3H3. The molecule has 1 N–H and O–H groups in total. The van der Waals surface area contributed by atoms with Gasteiger partial charge in [-0.25, -0.2) is 0 Å². The monoisotopic (exact) mass is 369 g/mol. The number of rotatable bonds is 5. The fourth-order valence-electron chi connectivity index (χ4n) is 2.33. The number of halogens is 1. The molecular formula is C15H20IN3. The molecule has 2 aromatic rings. The van der Waals surface area contributed by atoms with Gasteiger partial charge in [-0.15, -0.1) is 0 Å². The molecule has 102 valence electrons. The molecule has 0 amide bonds. The molecule has 0 radical (unpaired) electrons. The molecule has 4 heteroatoms. The third-order valence-electron chi connectivity index (χ3n) is 3.56. The summed E-state index contributed by atoms with van der Waals surface area (Å²) in [4.78, 5) is 0. The van der Waals surface area contributed by atoms with E-state index in [4.69, 9.17) is 0 Å². The number of nitrogens with one attached hydrogen (secondary N) is 1. The first-order valence-electron chi connectivity index (χ1n) is 6.52. The third-order valence-corrected chi connectivity index (χ3v) is 5.03. The van der Waals surface area contributed by atoms with E-state index in [0.29, 0.717) is 6.04 Å². The summed E-state index contributed by atoms with van der Waals surface area (Å²) in [6, 6.07) is 9.01. The van der Waals surface area contributed by atoms with Crippen LogP contribution in [0.4, 0.5) is 0 Å². The number of aryl methyl sites for hydroxylation is 3. The van der Waals surface area contributed by atoms with Crippen LogP contribution in [0.15, 0.2) is 30.5 Å². The summed E-state index contributed by atoms with van der Waals surface area (Å²) in [6.45, 7) is 2.17. The summed E-state index contributed by atoms with van der Waals surface area (Å²) in [5.74, 6) is 0. The molecule has 1 atom stereocenters. The predicted molar refractivity (Wildman–Crippen MR) is 87.2 cm³/mol. The molecule has 3 nitrogen and oxygen atoms in total. The average molecular weight is 369 g/mol. The Labute approximate surface area is 128 Å². The zero-order chi connectivity index (χ0) is 13.8. The molecule has 0 aliphatic heterocycles. The van der Waals surface area contributed by atoms with Crippen LogP contribution in [0.25, 0.3) is 0 Å². The first-order valence-corrected chi connectivity index (χ1v) is 7.60. The maximum absolute atomic E-state index is 4.22. The minimum absolute atomic E-state index is 0.390. The van der Waals surface area contributed by atoms with Crippen molar-refractivity contribution in [3.05, 3.63) is 50.9 Å². The average Bonchev–Trinajstić information content (AvgIpc) is 2.80. The Balaban J connectivity index is 2.12. The lowest BCUT2D eigenvalue weighted by Crippen LogP contribution is -2.19. The van der Waals surface area contributed by atoms with Crippen LogP contribution in [0, 0.1) is 10.5 Å². The van der Waals surface area contributed by atoms with Crippen LogP contribution in [-0.2, 0) is 13.5 Å². The molecule has 1 aromatic heterocycles. The van der Waals surface area contributed by atoms with Gasteiger partial charge in [0, 0.05) is 28.6 Å². The van der Waals surface area contributed by atoms with Crippen molar-refractivity contribution in [2.24, 2.45) is 7.05 Å². The second-order valence-electron chi connectivity index (χ2n) is 4.80. The van der Waals surface area contributed by atoms with E-state index < -0.39 is 0 Å². The van der Waals surface area contributed by atoms with Gasteiger partial charge in [0.25, 0.3) is 0 Å². The van der Waals surface area contributed by atoms with Gasteiger partial charge in [-0.1, -0.05) is 18.2 Å². The van der Waals surface area contributed by atoms with Gasteiger partial charge >= 0.3 is 0 Å². The molecule has 2 rings (SSSR count). The van der Waals surface area contributed by atoms with Crippen LogP contribution in [-0.4, -0.2) is 16.8 Å². The predicted octanol–water partition coefficient (Wildman–Crippen LogP) is 3.23. The molecule has 0 saturated heterocycles.